The van der Waals surface area contributed by atoms with E-state index in [4.69, 9.17) is 18.3 Å². The second kappa shape index (κ2) is 9.57. The fourth-order valence-corrected chi connectivity index (χ4v) is 2.69. The summed E-state index contributed by atoms with van der Waals surface area (Å²) in [6.45, 7) is 14.1. The van der Waals surface area contributed by atoms with Crippen LogP contribution in [0, 0.1) is 13.1 Å². The van der Waals surface area contributed by atoms with E-state index >= 15 is 0 Å². The molecule has 0 spiro atoms. The lowest BCUT2D eigenvalue weighted by Crippen LogP contribution is -1.98. The van der Waals surface area contributed by atoms with Crippen LogP contribution in [0.1, 0.15) is 11.1 Å². The minimum absolute atomic E-state index is 0.351. The Balaban J connectivity index is 2.19. The van der Waals surface area contributed by atoms with Gasteiger partial charge in [0.25, 0.3) is 11.4 Å². The Morgan fingerprint density at radius 1 is 0.750 bits per heavy atom. The zero-order chi connectivity index (χ0) is 23.1. The Hall–Kier alpha value is -5.15. The summed E-state index contributed by atoms with van der Waals surface area (Å²) >= 11 is 0. The summed E-state index contributed by atoms with van der Waals surface area (Å²) in [6.07, 6.45) is 5.46. The van der Waals surface area contributed by atoms with Gasteiger partial charge in [-0.1, -0.05) is 6.07 Å². The zero-order valence-corrected chi connectivity index (χ0v) is 16.3. The van der Waals surface area contributed by atoms with E-state index in [0.717, 1.165) is 0 Å². The standard InChI is InChI=1S/C23H13N5O4/c1-24-20(22(29)30)10-14-6-8-27-17(9-14)19-12-15(13-21(25-2)23(31)32)11-18(28-19)16-5-3-4-7-26-16/h3-13H,(H,29,30)(H,31,32)/b20-10+,21-13+. The molecule has 32 heavy (non-hydrogen) atoms. The van der Waals surface area contributed by atoms with Crippen molar-refractivity contribution in [3.05, 3.63) is 100 Å². The molecule has 3 rings (SSSR count). The van der Waals surface area contributed by atoms with E-state index in [1.807, 2.05) is 0 Å². The molecule has 3 heterocycles. The van der Waals surface area contributed by atoms with E-state index in [-0.39, 0.29) is 0 Å². The molecule has 9 heteroatoms. The fourth-order valence-electron chi connectivity index (χ4n) is 2.69. The van der Waals surface area contributed by atoms with Gasteiger partial charge in [-0.05, 0) is 59.7 Å². The third-order valence-electron chi connectivity index (χ3n) is 4.11. The van der Waals surface area contributed by atoms with Crippen molar-refractivity contribution in [1.29, 1.82) is 0 Å². The van der Waals surface area contributed by atoms with Crippen LogP contribution < -0.4 is 0 Å². The lowest BCUT2D eigenvalue weighted by atomic mass is 10.1. The number of hydrogen-bond acceptors (Lipinski definition) is 5. The van der Waals surface area contributed by atoms with Gasteiger partial charge in [-0.3, -0.25) is 19.6 Å². The number of carboxylic acids is 2. The Morgan fingerprint density at radius 3 is 1.88 bits per heavy atom. The second-order valence-electron chi connectivity index (χ2n) is 6.25. The average molecular weight is 423 g/mol. The van der Waals surface area contributed by atoms with Crippen molar-refractivity contribution in [2.45, 2.75) is 0 Å². The summed E-state index contributed by atoms with van der Waals surface area (Å²) in [4.78, 5) is 41.5. The number of aromatic nitrogens is 3. The highest BCUT2D eigenvalue weighted by Crippen LogP contribution is 2.25. The quantitative estimate of drug-likeness (QED) is 0.455. The summed E-state index contributed by atoms with van der Waals surface area (Å²) < 4.78 is 0. The second-order valence-corrected chi connectivity index (χ2v) is 6.25. The summed E-state index contributed by atoms with van der Waals surface area (Å²) in [5.74, 6) is -2.70. The molecule has 0 aliphatic rings. The maximum absolute atomic E-state index is 11.3. The molecule has 0 bridgehead atoms. The molecule has 0 fully saturated rings. The van der Waals surface area contributed by atoms with Crippen molar-refractivity contribution >= 4 is 24.1 Å². The van der Waals surface area contributed by atoms with Crippen molar-refractivity contribution in [1.82, 2.24) is 15.0 Å². The molecule has 3 aromatic rings. The van der Waals surface area contributed by atoms with Crippen LogP contribution in [-0.4, -0.2) is 37.1 Å². The number of hydrogen-bond donors (Lipinski definition) is 2. The number of aliphatic carboxylic acids is 2. The third-order valence-corrected chi connectivity index (χ3v) is 4.11. The third kappa shape index (κ3) is 5.06. The largest absolute Gasteiger partial charge is 0.486 e. The molecule has 0 saturated heterocycles. The normalized spacial score (nSPS) is 11.3. The van der Waals surface area contributed by atoms with Gasteiger partial charge < -0.3 is 10.2 Å². The zero-order valence-electron chi connectivity index (χ0n) is 16.3. The summed E-state index contributed by atoms with van der Waals surface area (Å²) in [5.41, 5.74) is 1.58. The molecule has 0 aliphatic carbocycles. The number of carboxylic acid groups (broad SMARTS) is 2. The van der Waals surface area contributed by atoms with Crippen LogP contribution in [-0.2, 0) is 9.59 Å². The van der Waals surface area contributed by atoms with Gasteiger partial charge in [0.2, 0.25) is 0 Å². The van der Waals surface area contributed by atoms with Crippen LogP contribution in [0.5, 0.6) is 0 Å². The Morgan fingerprint density at radius 2 is 1.31 bits per heavy atom. The van der Waals surface area contributed by atoms with Crippen LogP contribution in [0.4, 0.5) is 0 Å². The summed E-state index contributed by atoms with van der Waals surface area (Å²) in [7, 11) is 0. The predicted octanol–water partition coefficient (Wildman–Crippen LogP) is 3.90. The molecule has 154 valence electrons. The molecule has 0 atom stereocenters. The highest BCUT2D eigenvalue weighted by Gasteiger charge is 2.12. The first-order chi connectivity index (χ1) is 15.4. The molecule has 2 N–H and O–H groups in total. The van der Waals surface area contributed by atoms with E-state index in [0.29, 0.717) is 33.9 Å². The van der Waals surface area contributed by atoms with Crippen LogP contribution in [0.15, 0.2) is 66.3 Å². The van der Waals surface area contributed by atoms with E-state index < -0.39 is 23.3 Å². The number of carbonyl (C=O) groups is 2. The lowest BCUT2D eigenvalue weighted by Gasteiger charge is -2.08. The van der Waals surface area contributed by atoms with Gasteiger partial charge in [-0.25, -0.2) is 14.7 Å². The van der Waals surface area contributed by atoms with E-state index in [2.05, 4.69) is 24.6 Å². The van der Waals surface area contributed by atoms with Crippen LogP contribution >= 0.6 is 0 Å². The lowest BCUT2D eigenvalue weighted by molar-refractivity contribution is -0.133. The molecule has 9 nitrogen and oxygen atoms in total. The van der Waals surface area contributed by atoms with Crippen LogP contribution in [0.25, 0.3) is 44.6 Å². The van der Waals surface area contributed by atoms with E-state index in [1.165, 1.54) is 18.3 Å². The molecule has 0 saturated carbocycles. The molecule has 0 amide bonds. The van der Waals surface area contributed by atoms with Crippen molar-refractivity contribution in [2.75, 3.05) is 0 Å². The van der Waals surface area contributed by atoms with Crippen molar-refractivity contribution < 1.29 is 19.8 Å². The van der Waals surface area contributed by atoms with Gasteiger partial charge in [0.15, 0.2) is 0 Å². The highest BCUT2D eigenvalue weighted by molar-refractivity contribution is 5.95. The molecular formula is C23H13N5O4. The van der Waals surface area contributed by atoms with Gasteiger partial charge >= 0.3 is 11.9 Å². The fraction of sp³-hybridized carbons (Fsp3) is 0. The van der Waals surface area contributed by atoms with Gasteiger partial charge in [0, 0.05) is 12.4 Å². The molecule has 0 aliphatic heterocycles. The Labute approximate surface area is 182 Å². The summed E-state index contributed by atoms with van der Waals surface area (Å²) in [5, 5.41) is 18.3. The average Bonchev–Trinajstić information content (AvgIpc) is 2.81. The van der Waals surface area contributed by atoms with E-state index in [1.54, 1.807) is 48.7 Å². The topological polar surface area (TPSA) is 122 Å². The first kappa shape index (κ1) is 21.6. The van der Waals surface area contributed by atoms with Gasteiger partial charge in [0.1, 0.15) is 0 Å². The maximum atomic E-state index is 11.3. The van der Waals surface area contributed by atoms with Gasteiger partial charge in [-0.15, -0.1) is 0 Å². The number of rotatable bonds is 6. The minimum Gasteiger partial charge on any atom is -0.486 e. The minimum atomic E-state index is -1.36. The van der Waals surface area contributed by atoms with Crippen molar-refractivity contribution in [3.8, 4) is 22.8 Å². The summed E-state index contributed by atoms with van der Waals surface area (Å²) in [6, 6.07) is 11.5. The Kier molecular flexibility index (Phi) is 6.44. The number of nitrogens with zero attached hydrogens (tertiary/aromatic N) is 5. The van der Waals surface area contributed by atoms with Crippen molar-refractivity contribution in [2.24, 2.45) is 0 Å². The molecule has 0 aromatic carbocycles. The highest BCUT2D eigenvalue weighted by atomic mass is 16.4. The van der Waals surface area contributed by atoms with Gasteiger partial charge in [0.05, 0.1) is 35.9 Å². The number of pyridine rings is 3. The maximum Gasteiger partial charge on any atom is 0.333 e. The Bertz CT molecular complexity index is 1350. The van der Waals surface area contributed by atoms with E-state index in [9.17, 15) is 14.7 Å². The predicted molar refractivity (Wildman–Crippen MR) is 115 cm³/mol. The van der Waals surface area contributed by atoms with Crippen molar-refractivity contribution in [3.63, 3.8) is 0 Å². The molecule has 0 radical (unpaired) electrons. The smallest absolute Gasteiger partial charge is 0.333 e. The molecule has 3 aromatic heterocycles. The SMILES string of the molecule is [C-]#[N+]/C(=C/c1ccnc(-c2cc(/C=C(/[N+]#[C-])C(=O)O)cc(-c3ccccn3)n2)c1)C(=O)O. The molecule has 0 unspecified atom stereocenters. The van der Waals surface area contributed by atoms with Crippen LogP contribution in [0.3, 0.4) is 0 Å². The van der Waals surface area contributed by atoms with Gasteiger partial charge in [-0.2, -0.15) is 0 Å². The van der Waals surface area contributed by atoms with Crippen LogP contribution in [0.2, 0.25) is 0 Å². The first-order valence-corrected chi connectivity index (χ1v) is 8.96. The monoisotopic (exact) mass is 423 g/mol. The first-order valence-electron chi connectivity index (χ1n) is 8.96. The molecular weight excluding hydrogens is 410 g/mol.